The minimum absolute atomic E-state index is 0.0479. The third kappa shape index (κ3) is 4.94. The topological polar surface area (TPSA) is 131 Å². The van der Waals surface area contributed by atoms with E-state index in [0.29, 0.717) is 16.4 Å². The SMILES string of the molecule is CC(C)(C)NC(=O)C(c1cccs1)N(C(=O)c1snc(C(N)=O)c1N)c1ccc(F)cc1. The van der Waals surface area contributed by atoms with Gasteiger partial charge in [0.05, 0.1) is 5.69 Å². The summed E-state index contributed by atoms with van der Waals surface area (Å²) in [6.07, 6.45) is 0. The van der Waals surface area contributed by atoms with E-state index in [2.05, 4.69) is 9.69 Å². The molecule has 0 fully saturated rings. The number of aromatic nitrogens is 1. The quantitative estimate of drug-likeness (QED) is 0.503. The van der Waals surface area contributed by atoms with Crippen LogP contribution < -0.4 is 21.7 Å². The number of carbonyl (C=O) groups is 3. The van der Waals surface area contributed by atoms with E-state index in [9.17, 15) is 18.8 Å². The molecule has 0 aliphatic rings. The molecule has 0 aliphatic heterocycles. The fourth-order valence-corrected chi connectivity index (χ4v) is 4.54. The molecule has 0 saturated heterocycles. The second-order valence-electron chi connectivity index (χ2n) is 7.95. The van der Waals surface area contributed by atoms with E-state index >= 15 is 0 Å². The molecule has 32 heavy (non-hydrogen) atoms. The van der Waals surface area contributed by atoms with Crippen LogP contribution in [0.15, 0.2) is 41.8 Å². The molecular formula is C21H22FN5O3S2. The van der Waals surface area contributed by atoms with Crippen LogP contribution in [0.5, 0.6) is 0 Å². The number of anilines is 2. The van der Waals surface area contributed by atoms with Crippen LogP contribution in [0.3, 0.4) is 0 Å². The summed E-state index contributed by atoms with van der Waals surface area (Å²) in [5.74, 6) is -2.47. The maximum atomic E-state index is 13.7. The number of nitrogens with one attached hydrogen (secondary N) is 1. The van der Waals surface area contributed by atoms with Gasteiger partial charge in [0, 0.05) is 16.1 Å². The van der Waals surface area contributed by atoms with Crippen molar-refractivity contribution in [2.75, 3.05) is 10.6 Å². The van der Waals surface area contributed by atoms with Crippen molar-refractivity contribution in [2.24, 2.45) is 5.73 Å². The molecule has 11 heteroatoms. The summed E-state index contributed by atoms with van der Waals surface area (Å²) in [5.41, 5.74) is 10.6. The predicted octanol–water partition coefficient (Wildman–Crippen LogP) is 3.33. The highest BCUT2D eigenvalue weighted by atomic mass is 32.1. The first-order chi connectivity index (χ1) is 15.0. The lowest BCUT2D eigenvalue weighted by Crippen LogP contribution is -2.49. The van der Waals surface area contributed by atoms with Crippen LogP contribution in [0.2, 0.25) is 0 Å². The molecule has 1 unspecified atom stereocenters. The Morgan fingerprint density at radius 3 is 2.31 bits per heavy atom. The first-order valence-electron chi connectivity index (χ1n) is 9.49. The second kappa shape index (κ2) is 9.05. The molecular weight excluding hydrogens is 453 g/mol. The van der Waals surface area contributed by atoms with Crippen molar-refractivity contribution in [2.45, 2.75) is 32.4 Å². The summed E-state index contributed by atoms with van der Waals surface area (Å²) in [7, 11) is 0. The highest BCUT2D eigenvalue weighted by Crippen LogP contribution is 2.35. The molecule has 3 aromatic rings. The van der Waals surface area contributed by atoms with Crippen molar-refractivity contribution in [1.82, 2.24) is 9.69 Å². The van der Waals surface area contributed by atoms with Gasteiger partial charge in [-0.2, -0.15) is 4.37 Å². The molecule has 0 spiro atoms. The van der Waals surface area contributed by atoms with Gasteiger partial charge < -0.3 is 16.8 Å². The van der Waals surface area contributed by atoms with Crippen LogP contribution in [-0.4, -0.2) is 27.6 Å². The Hall–Kier alpha value is -3.31. The predicted molar refractivity (Wildman–Crippen MR) is 123 cm³/mol. The summed E-state index contributed by atoms with van der Waals surface area (Å²) in [4.78, 5) is 40.4. The highest BCUT2D eigenvalue weighted by Gasteiger charge is 2.37. The summed E-state index contributed by atoms with van der Waals surface area (Å²) < 4.78 is 17.5. The van der Waals surface area contributed by atoms with Gasteiger partial charge >= 0.3 is 0 Å². The molecule has 5 N–H and O–H groups in total. The molecule has 1 aromatic carbocycles. The molecule has 0 aliphatic carbocycles. The van der Waals surface area contributed by atoms with E-state index in [1.807, 2.05) is 20.8 Å². The number of hydrogen-bond acceptors (Lipinski definition) is 7. The Kier molecular flexibility index (Phi) is 6.60. The molecule has 2 aromatic heterocycles. The van der Waals surface area contributed by atoms with Crippen molar-refractivity contribution in [3.63, 3.8) is 0 Å². The van der Waals surface area contributed by atoms with Crippen LogP contribution in [0, 0.1) is 5.82 Å². The van der Waals surface area contributed by atoms with Gasteiger partial charge in [-0.05, 0) is 68.0 Å². The van der Waals surface area contributed by atoms with Gasteiger partial charge in [0.1, 0.15) is 10.7 Å². The standard InChI is InChI=1S/C21H22FN5O3S2/c1-21(2,3)25-19(29)16(13-5-4-10-31-13)27(12-8-6-11(22)7-9-12)20(30)17-14(23)15(18(24)28)26-32-17/h4-10,16H,23H2,1-3H3,(H2,24,28)(H,25,29). The lowest BCUT2D eigenvalue weighted by atomic mass is 10.1. The van der Waals surface area contributed by atoms with Crippen LogP contribution in [0.1, 0.15) is 51.9 Å². The number of benzene rings is 1. The van der Waals surface area contributed by atoms with Crippen molar-refractivity contribution < 1.29 is 18.8 Å². The van der Waals surface area contributed by atoms with Crippen molar-refractivity contribution in [1.29, 1.82) is 0 Å². The Bertz CT molecular complexity index is 1140. The summed E-state index contributed by atoms with van der Waals surface area (Å²) in [6, 6.07) is 7.57. The zero-order chi connectivity index (χ0) is 23.6. The van der Waals surface area contributed by atoms with Gasteiger partial charge in [0.2, 0.25) is 5.91 Å². The lowest BCUT2D eigenvalue weighted by molar-refractivity contribution is -0.123. The normalized spacial score (nSPS) is 12.2. The number of nitrogens with two attached hydrogens (primary N) is 2. The fourth-order valence-electron chi connectivity index (χ4n) is 2.98. The average Bonchev–Trinajstić information content (AvgIpc) is 3.34. The highest BCUT2D eigenvalue weighted by molar-refractivity contribution is 7.10. The van der Waals surface area contributed by atoms with Gasteiger partial charge in [-0.15, -0.1) is 11.3 Å². The number of thiophene rings is 1. The molecule has 0 radical (unpaired) electrons. The van der Waals surface area contributed by atoms with E-state index in [0.717, 1.165) is 0 Å². The van der Waals surface area contributed by atoms with Crippen molar-refractivity contribution in [3.05, 3.63) is 63.0 Å². The van der Waals surface area contributed by atoms with Crippen LogP contribution in [-0.2, 0) is 4.79 Å². The third-order valence-corrected chi connectivity index (χ3v) is 6.07. The number of nitrogens with zero attached hydrogens (tertiary/aromatic N) is 2. The Morgan fingerprint density at radius 2 is 1.81 bits per heavy atom. The van der Waals surface area contributed by atoms with E-state index in [4.69, 9.17) is 11.5 Å². The number of hydrogen-bond donors (Lipinski definition) is 3. The smallest absolute Gasteiger partial charge is 0.273 e. The van der Waals surface area contributed by atoms with E-state index in [1.54, 1.807) is 17.5 Å². The maximum absolute atomic E-state index is 13.7. The molecule has 8 nitrogen and oxygen atoms in total. The van der Waals surface area contributed by atoms with E-state index < -0.39 is 35.1 Å². The third-order valence-electron chi connectivity index (χ3n) is 4.30. The number of rotatable bonds is 6. The van der Waals surface area contributed by atoms with Gasteiger partial charge in [0.25, 0.3) is 11.8 Å². The molecule has 1 atom stereocenters. The first-order valence-corrected chi connectivity index (χ1v) is 11.1. The number of nitrogen functional groups attached to an aromatic ring is 1. The van der Waals surface area contributed by atoms with Crippen molar-refractivity contribution in [3.8, 4) is 0 Å². The van der Waals surface area contributed by atoms with E-state index in [1.165, 1.54) is 40.5 Å². The molecule has 3 amide bonds. The van der Waals surface area contributed by atoms with E-state index in [-0.39, 0.29) is 21.9 Å². The average molecular weight is 476 g/mol. The van der Waals surface area contributed by atoms with Gasteiger partial charge in [-0.25, -0.2) is 4.39 Å². The summed E-state index contributed by atoms with van der Waals surface area (Å²) in [5, 5.41) is 4.68. The van der Waals surface area contributed by atoms with Gasteiger partial charge in [0.15, 0.2) is 11.7 Å². The Morgan fingerprint density at radius 1 is 1.16 bits per heavy atom. The zero-order valence-electron chi connectivity index (χ0n) is 17.6. The second-order valence-corrected chi connectivity index (χ2v) is 9.70. The lowest BCUT2D eigenvalue weighted by Gasteiger charge is -2.32. The first kappa shape index (κ1) is 23.4. The van der Waals surface area contributed by atoms with Crippen molar-refractivity contribution >= 4 is 52.0 Å². The number of halogens is 1. The summed E-state index contributed by atoms with van der Waals surface area (Å²) in [6.45, 7) is 5.46. The molecule has 3 rings (SSSR count). The van der Waals surface area contributed by atoms with Crippen LogP contribution in [0.4, 0.5) is 15.8 Å². The zero-order valence-corrected chi connectivity index (χ0v) is 19.2. The van der Waals surface area contributed by atoms with Crippen LogP contribution in [0.25, 0.3) is 0 Å². The minimum atomic E-state index is -1.08. The largest absolute Gasteiger partial charge is 0.395 e. The van der Waals surface area contributed by atoms with Crippen LogP contribution >= 0.6 is 22.9 Å². The Labute approximate surface area is 192 Å². The van der Waals surface area contributed by atoms with Gasteiger partial charge in [-0.3, -0.25) is 19.3 Å². The summed E-state index contributed by atoms with van der Waals surface area (Å²) >= 11 is 2.00. The minimum Gasteiger partial charge on any atom is -0.395 e. The molecule has 168 valence electrons. The fraction of sp³-hybridized carbons (Fsp3) is 0.238. The monoisotopic (exact) mass is 475 g/mol. The van der Waals surface area contributed by atoms with Gasteiger partial charge in [-0.1, -0.05) is 6.07 Å². The number of amides is 3. The maximum Gasteiger partial charge on any atom is 0.273 e. The molecule has 0 saturated carbocycles. The molecule has 2 heterocycles. The molecule has 0 bridgehead atoms. The number of carbonyl (C=O) groups excluding carboxylic acids is 3. The Balaban J connectivity index is 2.18. The number of primary amides is 1.